The van der Waals surface area contributed by atoms with E-state index in [4.69, 9.17) is 0 Å². The van der Waals surface area contributed by atoms with Crippen molar-refractivity contribution in [3.63, 3.8) is 0 Å². The van der Waals surface area contributed by atoms with Crippen LogP contribution in [0, 0.1) is 0 Å². The van der Waals surface area contributed by atoms with Gasteiger partial charge in [-0.15, -0.1) is 0 Å². The van der Waals surface area contributed by atoms with Gasteiger partial charge in [0.2, 0.25) is 0 Å². The third-order valence-corrected chi connectivity index (χ3v) is 2.21. The number of hydrogen-bond acceptors (Lipinski definition) is 2. The van der Waals surface area contributed by atoms with Crippen LogP contribution < -0.4 is 5.32 Å². The van der Waals surface area contributed by atoms with Crippen LogP contribution in [0.5, 0.6) is 0 Å². The Labute approximate surface area is 89.6 Å². The van der Waals surface area contributed by atoms with E-state index in [9.17, 15) is 0 Å². The van der Waals surface area contributed by atoms with E-state index >= 15 is 0 Å². The Morgan fingerprint density at radius 1 is 1.40 bits per heavy atom. The molecule has 0 saturated heterocycles. The van der Waals surface area contributed by atoms with Crippen molar-refractivity contribution in [2.75, 3.05) is 11.9 Å². The molecular formula is C12H15N3. The Morgan fingerprint density at radius 3 is 3.07 bits per heavy atom. The van der Waals surface area contributed by atoms with Gasteiger partial charge < -0.3 is 10.3 Å². The second kappa shape index (κ2) is 4.64. The predicted molar refractivity (Wildman–Crippen MR) is 62.8 cm³/mol. The summed E-state index contributed by atoms with van der Waals surface area (Å²) < 4.78 is 0. The van der Waals surface area contributed by atoms with Crippen LogP contribution in [-0.4, -0.2) is 16.5 Å². The molecule has 3 nitrogen and oxygen atoms in total. The van der Waals surface area contributed by atoms with Crippen LogP contribution in [-0.2, 0) is 0 Å². The van der Waals surface area contributed by atoms with E-state index in [0.29, 0.717) is 0 Å². The van der Waals surface area contributed by atoms with Gasteiger partial charge in [-0.3, -0.25) is 4.98 Å². The minimum absolute atomic E-state index is 0.973. The highest BCUT2D eigenvalue weighted by Crippen LogP contribution is 2.17. The van der Waals surface area contributed by atoms with Gasteiger partial charge in [-0.2, -0.15) is 0 Å². The van der Waals surface area contributed by atoms with Crippen LogP contribution in [0.1, 0.15) is 13.3 Å². The minimum Gasteiger partial charge on any atom is -0.385 e. The molecule has 0 fully saturated rings. The topological polar surface area (TPSA) is 40.7 Å². The molecule has 2 N–H and O–H groups in total. The molecule has 0 amide bonds. The first-order chi connectivity index (χ1) is 7.40. The number of anilines is 1. The van der Waals surface area contributed by atoms with Gasteiger partial charge in [0.15, 0.2) is 0 Å². The maximum absolute atomic E-state index is 4.32. The summed E-state index contributed by atoms with van der Waals surface area (Å²) in [6.07, 6.45) is 4.86. The van der Waals surface area contributed by atoms with Gasteiger partial charge in [-0.05, 0) is 30.7 Å². The number of aromatic nitrogens is 2. The number of nitrogens with one attached hydrogen (secondary N) is 2. The molecule has 78 valence electrons. The maximum Gasteiger partial charge on any atom is 0.0884 e. The summed E-state index contributed by atoms with van der Waals surface area (Å²) in [5.41, 5.74) is 3.15. The van der Waals surface area contributed by atoms with Crippen LogP contribution in [0.3, 0.4) is 0 Å². The molecule has 0 aliphatic carbocycles. The van der Waals surface area contributed by atoms with Crippen molar-refractivity contribution in [2.24, 2.45) is 0 Å². The monoisotopic (exact) mass is 201 g/mol. The zero-order valence-corrected chi connectivity index (χ0v) is 8.83. The lowest BCUT2D eigenvalue weighted by molar-refractivity contribution is 0.979. The van der Waals surface area contributed by atoms with E-state index in [0.717, 1.165) is 30.0 Å². The largest absolute Gasteiger partial charge is 0.385 e. The lowest BCUT2D eigenvalue weighted by atomic mass is 10.2. The van der Waals surface area contributed by atoms with Crippen molar-refractivity contribution in [3.05, 3.63) is 36.7 Å². The number of H-pyrrole nitrogens is 1. The van der Waals surface area contributed by atoms with Crippen molar-refractivity contribution in [2.45, 2.75) is 13.3 Å². The predicted octanol–water partition coefficient (Wildman–Crippen LogP) is 2.90. The van der Waals surface area contributed by atoms with E-state index in [-0.39, 0.29) is 0 Å². The zero-order valence-electron chi connectivity index (χ0n) is 8.83. The number of nitrogens with zero attached hydrogens (tertiary/aromatic N) is 1. The molecule has 2 heterocycles. The van der Waals surface area contributed by atoms with Gasteiger partial charge in [0, 0.05) is 24.6 Å². The molecule has 0 saturated carbocycles. The van der Waals surface area contributed by atoms with Crippen molar-refractivity contribution in [1.82, 2.24) is 9.97 Å². The number of hydrogen-bond donors (Lipinski definition) is 2. The zero-order chi connectivity index (χ0) is 10.5. The SMILES string of the molecule is CCCNc1ccnc(-c2ccc[nH]2)c1. The van der Waals surface area contributed by atoms with Crippen LogP contribution in [0.4, 0.5) is 5.69 Å². The van der Waals surface area contributed by atoms with Gasteiger partial charge in [0.05, 0.1) is 11.4 Å². The quantitative estimate of drug-likeness (QED) is 0.798. The summed E-state index contributed by atoms with van der Waals surface area (Å²) >= 11 is 0. The molecule has 0 aliphatic rings. The van der Waals surface area contributed by atoms with E-state index in [2.05, 4.69) is 28.3 Å². The average Bonchev–Trinajstić information content (AvgIpc) is 2.80. The standard InChI is InChI=1S/C12H15N3/c1-2-6-13-10-5-8-15-12(9-10)11-4-3-7-14-11/h3-5,7-9,14H,2,6H2,1H3,(H,13,15). The number of pyridine rings is 1. The van der Waals surface area contributed by atoms with Gasteiger partial charge in [0.1, 0.15) is 0 Å². The Morgan fingerprint density at radius 2 is 2.33 bits per heavy atom. The van der Waals surface area contributed by atoms with E-state index in [1.165, 1.54) is 0 Å². The lowest BCUT2D eigenvalue weighted by Gasteiger charge is -2.05. The number of rotatable bonds is 4. The smallest absolute Gasteiger partial charge is 0.0884 e. The Bertz CT molecular complexity index is 407. The Hall–Kier alpha value is -1.77. The first kappa shape index (κ1) is 9.77. The first-order valence-electron chi connectivity index (χ1n) is 5.24. The van der Waals surface area contributed by atoms with Crippen molar-refractivity contribution >= 4 is 5.69 Å². The Balaban J connectivity index is 2.19. The summed E-state index contributed by atoms with van der Waals surface area (Å²) in [6, 6.07) is 8.04. The van der Waals surface area contributed by atoms with Gasteiger partial charge in [0.25, 0.3) is 0 Å². The van der Waals surface area contributed by atoms with Crippen molar-refractivity contribution < 1.29 is 0 Å². The van der Waals surface area contributed by atoms with Crippen LogP contribution in [0.15, 0.2) is 36.7 Å². The fraction of sp³-hybridized carbons (Fsp3) is 0.250. The average molecular weight is 201 g/mol. The van der Waals surface area contributed by atoms with Crippen molar-refractivity contribution in [1.29, 1.82) is 0 Å². The molecule has 15 heavy (non-hydrogen) atoms. The third-order valence-electron chi connectivity index (χ3n) is 2.21. The van der Waals surface area contributed by atoms with Gasteiger partial charge in [-0.1, -0.05) is 6.92 Å². The lowest BCUT2D eigenvalue weighted by Crippen LogP contribution is -1.99. The molecule has 0 atom stereocenters. The van der Waals surface area contributed by atoms with E-state index < -0.39 is 0 Å². The van der Waals surface area contributed by atoms with Crippen LogP contribution in [0.2, 0.25) is 0 Å². The molecule has 0 bridgehead atoms. The molecule has 3 heteroatoms. The molecule has 2 aromatic heterocycles. The highest BCUT2D eigenvalue weighted by atomic mass is 14.9. The van der Waals surface area contributed by atoms with Crippen molar-refractivity contribution in [3.8, 4) is 11.4 Å². The summed E-state index contributed by atoms with van der Waals surface area (Å²) in [7, 11) is 0. The highest BCUT2D eigenvalue weighted by molar-refractivity contribution is 5.60. The molecule has 0 aliphatic heterocycles. The highest BCUT2D eigenvalue weighted by Gasteiger charge is 2.00. The summed E-state index contributed by atoms with van der Waals surface area (Å²) in [5.74, 6) is 0. The van der Waals surface area contributed by atoms with E-state index in [1.54, 1.807) is 0 Å². The molecule has 0 spiro atoms. The summed E-state index contributed by atoms with van der Waals surface area (Å²) in [6.45, 7) is 3.15. The molecule has 2 rings (SSSR count). The third kappa shape index (κ3) is 2.37. The fourth-order valence-corrected chi connectivity index (χ4v) is 1.45. The van der Waals surface area contributed by atoms with Gasteiger partial charge >= 0.3 is 0 Å². The summed E-state index contributed by atoms with van der Waals surface area (Å²) in [4.78, 5) is 7.47. The van der Waals surface area contributed by atoms with E-state index in [1.807, 2.05) is 30.6 Å². The molecule has 2 aromatic rings. The second-order valence-electron chi connectivity index (χ2n) is 3.44. The molecule has 0 aromatic carbocycles. The molecule has 0 unspecified atom stereocenters. The normalized spacial score (nSPS) is 10.2. The van der Waals surface area contributed by atoms with Crippen LogP contribution >= 0.6 is 0 Å². The van der Waals surface area contributed by atoms with Gasteiger partial charge in [-0.25, -0.2) is 0 Å². The minimum atomic E-state index is 0.973. The molecule has 0 radical (unpaired) electrons. The number of aromatic amines is 1. The second-order valence-corrected chi connectivity index (χ2v) is 3.44. The van der Waals surface area contributed by atoms with Crippen LogP contribution in [0.25, 0.3) is 11.4 Å². The molecular weight excluding hydrogens is 186 g/mol. The first-order valence-corrected chi connectivity index (χ1v) is 5.24. The maximum atomic E-state index is 4.32. The fourth-order valence-electron chi connectivity index (χ4n) is 1.45. The Kier molecular flexibility index (Phi) is 3.02. The summed E-state index contributed by atoms with van der Waals surface area (Å²) in [5, 5.41) is 3.34.